The standard InChI is InChI=1S/C13H18N2O2/c14-10(12(16)17)9-13(6-2-3-7-13)11-5-1-4-8-15-11/h1,4-5,8,10H,2-3,6-7,9,14H2,(H,16,17). The highest BCUT2D eigenvalue weighted by atomic mass is 16.4. The monoisotopic (exact) mass is 234 g/mol. The summed E-state index contributed by atoms with van der Waals surface area (Å²) in [4.78, 5) is 15.3. The van der Waals surface area contributed by atoms with Crippen molar-refractivity contribution in [3.05, 3.63) is 30.1 Å². The second-order valence-electron chi connectivity index (χ2n) is 4.85. The van der Waals surface area contributed by atoms with Gasteiger partial charge >= 0.3 is 5.97 Å². The predicted octanol–water partition coefficient (Wildman–Crippen LogP) is 1.70. The molecule has 0 saturated heterocycles. The Bertz CT molecular complexity index is 386. The van der Waals surface area contributed by atoms with Crippen molar-refractivity contribution in [2.45, 2.75) is 43.6 Å². The third-order valence-electron chi connectivity index (χ3n) is 3.70. The fourth-order valence-corrected chi connectivity index (χ4v) is 2.80. The van der Waals surface area contributed by atoms with Gasteiger partial charge in [-0.3, -0.25) is 9.78 Å². The molecule has 1 heterocycles. The van der Waals surface area contributed by atoms with Crippen LogP contribution in [0, 0.1) is 0 Å². The summed E-state index contributed by atoms with van der Waals surface area (Å²) in [6.45, 7) is 0. The first-order valence-corrected chi connectivity index (χ1v) is 6.04. The Morgan fingerprint density at radius 2 is 2.18 bits per heavy atom. The quantitative estimate of drug-likeness (QED) is 0.831. The Labute approximate surface area is 101 Å². The van der Waals surface area contributed by atoms with E-state index in [0.717, 1.165) is 31.4 Å². The van der Waals surface area contributed by atoms with Crippen molar-refractivity contribution in [3.63, 3.8) is 0 Å². The Morgan fingerprint density at radius 3 is 2.71 bits per heavy atom. The van der Waals surface area contributed by atoms with Crippen LogP contribution in [0.15, 0.2) is 24.4 Å². The first kappa shape index (κ1) is 12.0. The van der Waals surface area contributed by atoms with Gasteiger partial charge in [0.15, 0.2) is 0 Å². The lowest BCUT2D eigenvalue weighted by Gasteiger charge is -2.30. The van der Waals surface area contributed by atoms with E-state index < -0.39 is 12.0 Å². The van der Waals surface area contributed by atoms with Gasteiger partial charge in [0.2, 0.25) is 0 Å². The zero-order chi connectivity index (χ0) is 12.3. The summed E-state index contributed by atoms with van der Waals surface area (Å²) >= 11 is 0. The maximum atomic E-state index is 10.9. The summed E-state index contributed by atoms with van der Waals surface area (Å²) in [7, 11) is 0. The van der Waals surface area contributed by atoms with E-state index in [1.54, 1.807) is 6.20 Å². The number of nitrogens with two attached hydrogens (primary N) is 1. The molecule has 0 spiro atoms. The lowest BCUT2D eigenvalue weighted by atomic mass is 9.77. The molecule has 4 nitrogen and oxygen atoms in total. The number of carbonyl (C=O) groups is 1. The van der Waals surface area contributed by atoms with Gasteiger partial charge in [0.25, 0.3) is 0 Å². The largest absolute Gasteiger partial charge is 0.480 e. The molecular formula is C13H18N2O2. The Kier molecular flexibility index (Phi) is 3.43. The zero-order valence-electron chi connectivity index (χ0n) is 9.80. The summed E-state index contributed by atoms with van der Waals surface area (Å²) in [5.41, 5.74) is 6.56. The Balaban J connectivity index is 2.24. The smallest absolute Gasteiger partial charge is 0.320 e. The Hall–Kier alpha value is -1.42. The summed E-state index contributed by atoms with van der Waals surface area (Å²) in [5.74, 6) is -0.924. The number of hydrogen-bond acceptors (Lipinski definition) is 3. The average Bonchev–Trinajstić information content (AvgIpc) is 2.80. The van der Waals surface area contributed by atoms with E-state index in [9.17, 15) is 4.79 Å². The van der Waals surface area contributed by atoms with E-state index in [-0.39, 0.29) is 5.41 Å². The minimum Gasteiger partial charge on any atom is -0.480 e. The maximum Gasteiger partial charge on any atom is 0.320 e. The fourth-order valence-electron chi connectivity index (χ4n) is 2.80. The highest BCUT2D eigenvalue weighted by Gasteiger charge is 2.39. The number of aliphatic carboxylic acids is 1. The molecule has 1 aromatic heterocycles. The molecule has 1 saturated carbocycles. The van der Waals surface area contributed by atoms with E-state index in [4.69, 9.17) is 10.8 Å². The van der Waals surface area contributed by atoms with E-state index in [1.807, 2.05) is 18.2 Å². The van der Waals surface area contributed by atoms with E-state index in [0.29, 0.717) is 6.42 Å². The van der Waals surface area contributed by atoms with Crippen LogP contribution in [0.25, 0.3) is 0 Å². The molecule has 1 unspecified atom stereocenters. The predicted molar refractivity (Wildman–Crippen MR) is 64.6 cm³/mol. The van der Waals surface area contributed by atoms with Gasteiger partial charge in [0, 0.05) is 17.3 Å². The number of aromatic nitrogens is 1. The van der Waals surface area contributed by atoms with Gasteiger partial charge in [-0.1, -0.05) is 18.9 Å². The van der Waals surface area contributed by atoms with Crippen LogP contribution in [0.5, 0.6) is 0 Å². The molecule has 1 aliphatic rings. The molecule has 17 heavy (non-hydrogen) atoms. The summed E-state index contributed by atoms with van der Waals surface area (Å²) in [6, 6.07) is 5.02. The van der Waals surface area contributed by atoms with E-state index >= 15 is 0 Å². The third-order valence-corrected chi connectivity index (χ3v) is 3.70. The van der Waals surface area contributed by atoms with Gasteiger partial charge in [-0.25, -0.2) is 0 Å². The first-order valence-electron chi connectivity index (χ1n) is 6.04. The molecular weight excluding hydrogens is 216 g/mol. The van der Waals surface area contributed by atoms with Crippen LogP contribution < -0.4 is 5.73 Å². The van der Waals surface area contributed by atoms with Gasteiger partial charge < -0.3 is 10.8 Å². The maximum absolute atomic E-state index is 10.9. The summed E-state index contributed by atoms with van der Waals surface area (Å²) in [6.07, 6.45) is 6.49. The molecule has 4 heteroatoms. The number of rotatable bonds is 4. The molecule has 0 bridgehead atoms. The minimum absolute atomic E-state index is 0.126. The SMILES string of the molecule is NC(CC1(c2ccccn2)CCCC1)C(=O)O. The number of pyridine rings is 1. The highest BCUT2D eigenvalue weighted by molar-refractivity contribution is 5.73. The molecule has 0 amide bonds. The molecule has 0 aromatic carbocycles. The topological polar surface area (TPSA) is 76.2 Å². The number of carboxylic acids is 1. The van der Waals surface area contributed by atoms with Crippen LogP contribution in [0.4, 0.5) is 0 Å². The van der Waals surface area contributed by atoms with Gasteiger partial charge in [-0.05, 0) is 31.4 Å². The summed E-state index contributed by atoms with van der Waals surface area (Å²) < 4.78 is 0. The molecule has 1 fully saturated rings. The minimum atomic E-state index is -0.924. The average molecular weight is 234 g/mol. The van der Waals surface area contributed by atoms with Crippen LogP contribution >= 0.6 is 0 Å². The lowest BCUT2D eigenvalue weighted by Crippen LogP contribution is -2.38. The number of nitrogens with zero attached hydrogens (tertiary/aromatic N) is 1. The van der Waals surface area contributed by atoms with Crippen LogP contribution in [0.1, 0.15) is 37.8 Å². The van der Waals surface area contributed by atoms with Crippen LogP contribution in [0.2, 0.25) is 0 Å². The molecule has 92 valence electrons. The van der Waals surface area contributed by atoms with Crippen LogP contribution in [0.3, 0.4) is 0 Å². The molecule has 3 N–H and O–H groups in total. The Morgan fingerprint density at radius 1 is 1.47 bits per heavy atom. The fraction of sp³-hybridized carbons (Fsp3) is 0.538. The second kappa shape index (κ2) is 4.84. The van der Waals surface area contributed by atoms with Gasteiger partial charge in [-0.2, -0.15) is 0 Å². The van der Waals surface area contributed by atoms with Crippen LogP contribution in [-0.4, -0.2) is 22.1 Å². The van der Waals surface area contributed by atoms with E-state index in [1.165, 1.54) is 0 Å². The highest BCUT2D eigenvalue weighted by Crippen LogP contribution is 2.43. The van der Waals surface area contributed by atoms with Gasteiger partial charge in [0.05, 0.1) is 0 Å². The van der Waals surface area contributed by atoms with Gasteiger partial charge in [-0.15, -0.1) is 0 Å². The van der Waals surface area contributed by atoms with Crippen molar-refractivity contribution in [1.82, 2.24) is 4.98 Å². The molecule has 2 rings (SSSR count). The van der Waals surface area contributed by atoms with Crippen molar-refractivity contribution in [3.8, 4) is 0 Å². The molecule has 0 radical (unpaired) electrons. The van der Waals surface area contributed by atoms with E-state index in [2.05, 4.69) is 4.98 Å². The lowest BCUT2D eigenvalue weighted by molar-refractivity contribution is -0.139. The molecule has 1 atom stereocenters. The molecule has 0 aliphatic heterocycles. The van der Waals surface area contributed by atoms with Crippen LogP contribution in [-0.2, 0) is 10.2 Å². The normalized spacial score (nSPS) is 20.1. The number of carboxylic acid groups (broad SMARTS) is 1. The van der Waals surface area contributed by atoms with Crippen molar-refractivity contribution < 1.29 is 9.90 Å². The number of hydrogen-bond donors (Lipinski definition) is 2. The summed E-state index contributed by atoms with van der Waals surface area (Å²) in [5, 5.41) is 8.96. The second-order valence-corrected chi connectivity index (χ2v) is 4.85. The first-order chi connectivity index (χ1) is 8.14. The van der Waals surface area contributed by atoms with Crippen molar-refractivity contribution in [2.75, 3.05) is 0 Å². The molecule has 1 aromatic rings. The zero-order valence-corrected chi connectivity index (χ0v) is 9.80. The van der Waals surface area contributed by atoms with Crippen molar-refractivity contribution in [2.24, 2.45) is 5.73 Å². The van der Waals surface area contributed by atoms with Crippen molar-refractivity contribution in [1.29, 1.82) is 0 Å². The van der Waals surface area contributed by atoms with Gasteiger partial charge in [0.1, 0.15) is 6.04 Å². The molecule has 1 aliphatic carbocycles. The van der Waals surface area contributed by atoms with Crippen molar-refractivity contribution >= 4 is 5.97 Å². The third kappa shape index (κ3) is 2.47.